The fourth-order valence-corrected chi connectivity index (χ4v) is 5.19. The summed E-state index contributed by atoms with van der Waals surface area (Å²) in [6.45, 7) is 15.6. The zero-order valence-electron chi connectivity index (χ0n) is 30.5. The molecule has 1 aromatic heterocycles. The van der Waals surface area contributed by atoms with Crippen LogP contribution in [0.2, 0.25) is 0 Å². The SMILES string of the molecule is CC(C)(CCCCOc1cccc(-c2ccc(-c3ccc4c(c3)OCO4)cc2)n1)CNC(=O)C(CC(=O)OC(C)(C)C)NC(=O)OC(C)(C)C. The number of carbonyl (C=O) groups excluding carboxylic acids is 3. The number of alkyl carbamates (subject to hydrolysis) is 1. The van der Waals surface area contributed by atoms with Gasteiger partial charge >= 0.3 is 12.1 Å². The van der Waals surface area contributed by atoms with Crippen molar-refractivity contribution in [1.29, 1.82) is 0 Å². The average molecular weight is 690 g/mol. The van der Waals surface area contributed by atoms with E-state index in [-0.39, 0.29) is 18.6 Å². The highest BCUT2D eigenvalue weighted by atomic mass is 16.7. The number of hydrogen-bond donors (Lipinski definition) is 2. The van der Waals surface area contributed by atoms with E-state index in [9.17, 15) is 14.4 Å². The summed E-state index contributed by atoms with van der Waals surface area (Å²) in [4.78, 5) is 42.8. The maximum absolute atomic E-state index is 13.1. The topological polar surface area (TPSA) is 134 Å². The summed E-state index contributed by atoms with van der Waals surface area (Å²) in [5.41, 5.74) is 2.19. The van der Waals surface area contributed by atoms with Crippen LogP contribution in [0, 0.1) is 5.41 Å². The Morgan fingerprint density at radius 1 is 0.800 bits per heavy atom. The molecule has 2 N–H and O–H groups in total. The van der Waals surface area contributed by atoms with Gasteiger partial charge in [0.15, 0.2) is 11.5 Å². The number of nitrogens with one attached hydrogen (secondary N) is 2. The maximum Gasteiger partial charge on any atom is 0.408 e. The van der Waals surface area contributed by atoms with E-state index < -0.39 is 35.2 Å². The molecule has 0 fully saturated rings. The molecule has 1 atom stereocenters. The largest absolute Gasteiger partial charge is 0.478 e. The summed E-state index contributed by atoms with van der Waals surface area (Å²) in [7, 11) is 0. The minimum Gasteiger partial charge on any atom is -0.478 e. The van der Waals surface area contributed by atoms with Gasteiger partial charge in [0.25, 0.3) is 0 Å². The molecule has 0 radical (unpaired) electrons. The van der Waals surface area contributed by atoms with E-state index >= 15 is 0 Å². The van der Waals surface area contributed by atoms with Gasteiger partial charge in [0.1, 0.15) is 17.2 Å². The Morgan fingerprint density at radius 3 is 2.16 bits per heavy atom. The van der Waals surface area contributed by atoms with Crippen LogP contribution in [-0.4, -0.2) is 60.1 Å². The van der Waals surface area contributed by atoms with Crippen LogP contribution in [0.5, 0.6) is 17.4 Å². The summed E-state index contributed by atoms with van der Waals surface area (Å²) in [6.07, 6.45) is 1.38. The number of aromatic nitrogens is 1. The van der Waals surface area contributed by atoms with Gasteiger partial charge in [-0.15, -0.1) is 0 Å². The summed E-state index contributed by atoms with van der Waals surface area (Å²) < 4.78 is 27.6. The number of ether oxygens (including phenoxy) is 5. The smallest absolute Gasteiger partial charge is 0.408 e. The van der Waals surface area contributed by atoms with E-state index in [1.807, 2.05) is 48.5 Å². The van der Waals surface area contributed by atoms with Crippen LogP contribution in [0.15, 0.2) is 60.7 Å². The van der Waals surface area contributed by atoms with Crippen LogP contribution in [0.3, 0.4) is 0 Å². The zero-order valence-corrected chi connectivity index (χ0v) is 30.5. The molecule has 11 heteroatoms. The normalized spacial score (nSPS) is 13.3. The number of nitrogens with zero attached hydrogens (tertiary/aromatic N) is 1. The molecule has 0 bridgehead atoms. The number of esters is 1. The van der Waals surface area contributed by atoms with E-state index in [2.05, 4.69) is 36.6 Å². The third-order valence-corrected chi connectivity index (χ3v) is 7.65. The second kappa shape index (κ2) is 16.3. The van der Waals surface area contributed by atoms with Crippen molar-refractivity contribution in [2.45, 2.75) is 98.3 Å². The minimum absolute atomic E-state index is 0.247. The Morgan fingerprint density at radius 2 is 1.46 bits per heavy atom. The van der Waals surface area contributed by atoms with Gasteiger partial charge in [-0.2, -0.15) is 0 Å². The molecule has 0 saturated carbocycles. The molecule has 50 heavy (non-hydrogen) atoms. The third-order valence-electron chi connectivity index (χ3n) is 7.65. The summed E-state index contributed by atoms with van der Waals surface area (Å²) in [5.74, 6) is 0.998. The van der Waals surface area contributed by atoms with Gasteiger partial charge in [-0.3, -0.25) is 9.59 Å². The molecule has 270 valence electrons. The van der Waals surface area contributed by atoms with Gasteiger partial charge in [0.05, 0.1) is 18.7 Å². The van der Waals surface area contributed by atoms with E-state index in [0.29, 0.717) is 19.0 Å². The first-order valence-corrected chi connectivity index (χ1v) is 17.1. The lowest BCUT2D eigenvalue weighted by Crippen LogP contribution is -2.51. The van der Waals surface area contributed by atoms with Gasteiger partial charge in [-0.05, 0) is 95.5 Å². The maximum atomic E-state index is 13.1. The lowest BCUT2D eigenvalue weighted by molar-refractivity contribution is -0.156. The van der Waals surface area contributed by atoms with Crippen LogP contribution < -0.4 is 24.8 Å². The molecule has 2 amide bonds. The van der Waals surface area contributed by atoms with Gasteiger partial charge < -0.3 is 34.3 Å². The van der Waals surface area contributed by atoms with Crippen LogP contribution in [-0.2, 0) is 19.1 Å². The van der Waals surface area contributed by atoms with Gasteiger partial charge in [-0.25, -0.2) is 9.78 Å². The lowest BCUT2D eigenvalue weighted by Gasteiger charge is -2.28. The minimum atomic E-state index is -1.14. The lowest BCUT2D eigenvalue weighted by atomic mass is 9.87. The number of amides is 2. The molecular weight excluding hydrogens is 638 g/mol. The first-order chi connectivity index (χ1) is 23.5. The van der Waals surface area contributed by atoms with Crippen molar-refractivity contribution < 1.29 is 38.1 Å². The van der Waals surface area contributed by atoms with Crippen LogP contribution in [0.4, 0.5) is 4.79 Å². The Balaban J connectivity index is 1.23. The zero-order chi connectivity index (χ0) is 36.5. The number of hydrogen-bond acceptors (Lipinski definition) is 9. The van der Waals surface area contributed by atoms with Crippen LogP contribution >= 0.6 is 0 Å². The fourth-order valence-electron chi connectivity index (χ4n) is 5.19. The molecule has 2 heterocycles. The Kier molecular flexibility index (Phi) is 12.4. The number of fused-ring (bicyclic) bond motifs is 1. The quantitative estimate of drug-likeness (QED) is 0.131. The first-order valence-electron chi connectivity index (χ1n) is 17.1. The molecule has 11 nitrogen and oxygen atoms in total. The number of carbonyl (C=O) groups is 3. The molecule has 1 unspecified atom stereocenters. The molecular formula is C39H51N3O8. The van der Waals surface area contributed by atoms with Crippen molar-refractivity contribution in [1.82, 2.24) is 15.6 Å². The van der Waals surface area contributed by atoms with E-state index in [1.54, 1.807) is 41.5 Å². The second-order valence-corrected chi connectivity index (χ2v) is 15.2. The van der Waals surface area contributed by atoms with E-state index in [1.165, 1.54) is 0 Å². The predicted molar refractivity (Wildman–Crippen MR) is 191 cm³/mol. The molecule has 4 rings (SSSR count). The summed E-state index contributed by atoms with van der Waals surface area (Å²) in [6, 6.07) is 18.7. The predicted octanol–water partition coefficient (Wildman–Crippen LogP) is 7.46. The standard InChI is InChI=1S/C39H51N3O8/c1-37(2,3)49-34(43)23-30(42-36(45)50-38(4,5)6)35(44)40-24-39(7,8)20-9-10-21-46-33-13-11-12-29(41-33)27-16-14-26(15-17-27)28-18-19-31-32(22-28)48-25-47-31/h11-19,22,30H,9-10,20-21,23-25H2,1-8H3,(H,40,44)(H,42,45). The van der Waals surface area contributed by atoms with Crippen LogP contribution in [0.1, 0.15) is 81.1 Å². The average Bonchev–Trinajstić information content (AvgIpc) is 3.50. The number of benzene rings is 2. The van der Waals surface area contributed by atoms with Crippen molar-refractivity contribution in [3.8, 4) is 39.8 Å². The van der Waals surface area contributed by atoms with Crippen molar-refractivity contribution in [2.24, 2.45) is 5.41 Å². The first kappa shape index (κ1) is 38.0. The van der Waals surface area contributed by atoms with Crippen LogP contribution in [0.25, 0.3) is 22.4 Å². The molecule has 0 saturated heterocycles. The molecule has 2 aromatic carbocycles. The molecule has 1 aliphatic rings. The number of unbranched alkanes of at least 4 members (excludes halogenated alkanes) is 1. The fraction of sp³-hybridized carbons (Fsp3) is 0.487. The van der Waals surface area contributed by atoms with Gasteiger partial charge in [0.2, 0.25) is 18.6 Å². The highest BCUT2D eigenvalue weighted by Gasteiger charge is 2.30. The number of rotatable bonds is 14. The molecule has 0 aliphatic carbocycles. The van der Waals surface area contributed by atoms with Crippen molar-refractivity contribution in [2.75, 3.05) is 19.9 Å². The highest BCUT2D eigenvalue weighted by Crippen LogP contribution is 2.36. The Bertz CT molecular complexity index is 1590. The Hall–Kier alpha value is -4.80. The summed E-state index contributed by atoms with van der Waals surface area (Å²) in [5, 5.41) is 5.43. The van der Waals surface area contributed by atoms with E-state index in [0.717, 1.165) is 53.1 Å². The monoisotopic (exact) mass is 689 g/mol. The third kappa shape index (κ3) is 12.3. The second-order valence-electron chi connectivity index (χ2n) is 15.2. The molecule has 1 aliphatic heterocycles. The molecule has 0 spiro atoms. The molecule has 3 aromatic rings. The van der Waals surface area contributed by atoms with Crippen molar-refractivity contribution in [3.05, 3.63) is 60.7 Å². The highest BCUT2D eigenvalue weighted by molar-refractivity contribution is 5.89. The Labute approximate surface area is 295 Å². The number of pyridine rings is 1. The van der Waals surface area contributed by atoms with E-state index in [4.69, 9.17) is 28.7 Å². The van der Waals surface area contributed by atoms with Crippen molar-refractivity contribution >= 4 is 18.0 Å². The van der Waals surface area contributed by atoms with Gasteiger partial charge in [0, 0.05) is 18.2 Å². The van der Waals surface area contributed by atoms with Gasteiger partial charge in [-0.1, -0.05) is 50.2 Å². The summed E-state index contributed by atoms with van der Waals surface area (Å²) >= 11 is 0. The van der Waals surface area contributed by atoms with Crippen molar-refractivity contribution in [3.63, 3.8) is 0 Å².